The number of aryl methyl sites for hydroxylation is 1. The SMILES string of the molecule is CCC(CC#N)Nc1c(F)ccc(C)c1F. The van der Waals surface area contributed by atoms with Gasteiger partial charge in [-0.2, -0.15) is 5.26 Å². The van der Waals surface area contributed by atoms with Crippen LogP contribution in [-0.2, 0) is 0 Å². The third-order valence-electron chi connectivity index (χ3n) is 2.46. The Morgan fingerprint density at radius 2 is 2.12 bits per heavy atom. The minimum Gasteiger partial charge on any atom is -0.377 e. The minimum absolute atomic E-state index is 0.137. The number of nitrogens with zero attached hydrogens (tertiary/aromatic N) is 1. The third kappa shape index (κ3) is 2.69. The van der Waals surface area contributed by atoms with Crippen molar-refractivity contribution in [2.24, 2.45) is 0 Å². The van der Waals surface area contributed by atoms with Crippen molar-refractivity contribution in [1.82, 2.24) is 0 Å². The van der Waals surface area contributed by atoms with Gasteiger partial charge < -0.3 is 5.32 Å². The number of rotatable bonds is 4. The highest BCUT2D eigenvalue weighted by molar-refractivity contribution is 5.49. The van der Waals surface area contributed by atoms with Crippen LogP contribution in [0, 0.1) is 29.9 Å². The van der Waals surface area contributed by atoms with Gasteiger partial charge in [0.1, 0.15) is 11.5 Å². The van der Waals surface area contributed by atoms with Crippen molar-refractivity contribution in [3.8, 4) is 6.07 Å². The van der Waals surface area contributed by atoms with E-state index in [1.807, 2.05) is 13.0 Å². The number of nitrogens with one attached hydrogen (secondary N) is 1. The lowest BCUT2D eigenvalue weighted by atomic mass is 10.1. The van der Waals surface area contributed by atoms with Crippen molar-refractivity contribution in [2.45, 2.75) is 32.7 Å². The van der Waals surface area contributed by atoms with Gasteiger partial charge in [-0.15, -0.1) is 0 Å². The van der Waals surface area contributed by atoms with Gasteiger partial charge in [-0.05, 0) is 25.0 Å². The molecule has 0 aliphatic rings. The molecule has 0 radical (unpaired) electrons. The maximum Gasteiger partial charge on any atom is 0.152 e. The lowest BCUT2D eigenvalue weighted by Gasteiger charge is -2.17. The van der Waals surface area contributed by atoms with Crippen molar-refractivity contribution in [3.05, 3.63) is 29.3 Å². The van der Waals surface area contributed by atoms with E-state index >= 15 is 0 Å². The summed E-state index contributed by atoms with van der Waals surface area (Å²) in [6.45, 7) is 3.44. The Balaban J connectivity index is 2.96. The Bertz CT molecular complexity index is 410. The highest BCUT2D eigenvalue weighted by atomic mass is 19.1. The summed E-state index contributed by atoms with van der Waals surface area (Å²) in [6.07, 6.45) is 0.865. The van der Waals surface area contributed by atoms with E-state index in [1.54, 1.807) is 6.92 Å². The van der Waals surface area contributed by atoms with Gasteiger partial charge in [0.2, 0.25) is 0 Å². The van der Waals surface area contributed by atoms with Crippen molar-refractivity contribution in [1.29, 1.82) is 5.26 Å². The normalized spacial score (nSPS) is 11.9. The second-order valence-electron chi connectivity index (χ2n) is 3.67. The van der Waals surface area contributed by atoms with E-state index in [0.717, 1.165) is 0 Å². The molecule has 0 amide bonds. The standard InChI is InChI=1S/C12H14F2N2/c1-3-9(6-7-15)16-12-10(13)5-4-8(2)11(12)14/h4-5,9,16H,3,6H2,1-2H3. The summed E-state index contributed by atoms with van der Waals surface area (Å²) in [5.41, 5.74) is 0.248. The lowest BCUT2D eigenvalue weighted by Crippen LogP contribution is -2.19. The Hall–Kier alpha value is -1.63. The molecule has 0 heterocycles. The van der Waals surface area contributed by atoms with Gasteiger partial charge in [-0.25, -0.2) is 8.78 Å². The fourth-order valence-electron chi connectivity index (χ4n) is 1.40. The van der Waals surface area contributed by atoms with E-state index in [0.29, 0.717) is 12.0 Å². The van der Waals surface area contributed by atoms with Crippen LogP contribution < -0.4 is 5.32 Å². The molecule has 16 heavy (non-hydrogen) atoms. The molecule has 1 atom stereocenters. The van der Waals surface area contributed by atoms with E-state index in [-0.39, 0.29) is 18.2 Å². The first kappa shape index (κ1) is 12.4. The number of nitriles is 1. The fourth-order valence-corrected chi connectivity index (χ4v) is 1.40. The maximum atomic E-state index is 13.6. The third-order valence-corrected chi connectivity index (χ3v) is 2.46. The van der Waals surface area contributed by atoms with Crippen molar-refractivity contribution in [3.63, 3.8) is 0 Å². The summed E-state index contributed by atoms with van der Waals surface area (Å²) in [6, 6.07) is 4.37. The van der Waals surface area contributed by atoms with E-state index in [1.165, 1.54) is 12.1 Å². The van der Waals surface area contributed by atoms with Gasteiger partial charge in [0.25, 0.3) is 0 Å². The van der Waals surface area contributed by atoms with Crippen LogP contribution >= 0.6 is 0 Å². The minimum atomic E-state index is -0.625. The van der Waals surface area contributed by atoms with Crippen LogP contribution in [0.3, 0.4) is 0 Å². The zero-order valence-electron chi connectivity index (χ0n) is 9.35. The van der Waals surface area contributed by atoms with Gasteiger partial charge in [-0.1, -0.05) is 13.0 Å². The second kappa shape index (κ2) is 5.45. The van der Waals surface area contributed by atoms with E-state index in [4.69, 9.17) is 5.26 Å². The molecule has 0 saturated heterocycles. The van der Waals surface area contributed by atoms with Crippen molar-refractivity contribution >= 4 is 5.69 Å². The summed E-state index contributed by atoms with van der Waals surface area (Å²) in [7, 11) is 0. The molecule has 4 heteroatoms. The molecule has 2 nitrogen and oxygen atoms in total. The van der Waals surface area contributed by atoms with Crippen molar-refractivity contribution < 1.29 is 8.78 Å². The van der Waals surface area contributed by atoms with Crippen molar-refractivity contribution in [2.75, 3.05) is 5.32 Å². The molecular formula is C12H14F2N2. The van der Waals surface area contributed by atoms with Gasteiger partial charge >= 0.3 is 0 Å². The van der Waals surface area contributed by atoms with Gasteiger partial charge in [-0.3, -0.25) is 0 Å². The highest BCUT2D eigenvalue weighted by Gasteiger charge is 2.14. The molecule has 0 bridgehead atoms. The topological polar surface area (TPSA) is 35.8 Å². The molecule has 1 unspecified atom stereocenters. The van der Waals surface area contributed by atoms with Gasteiger partial charge in [0.15, 0.2) is 5.82 Å². The number of hydrogen-bond acceptors (Lipinski definition) is 2. The van der Waals surface area contributed by atoms with Crippen LogP contribution in [0.4, 0.5) is 14.5 Å². The van der Waals surface area contributed by atoms with Gasteiger partial charge in [0, 0.05) is 6.04 Å². The van der Waals surface area contributed by atoms with E-state index in [9.17, 15) is 8.78 Å². The number of halogens is 2. The fraction of sp³-hybridized carbons (Fsp3) is 0.417. The average Bonchev–Trinajstić information content (AvgIpc) is 2.28. The molecule has 0 aliphatic heterocycles. The van der Waals surface area contributed by atoms with Crippen LogP contribution in [0.2, 0.25) is 0 Å². The average molecular weight is 224 g/mol. The summed E-state index contributed by atoms with van der Waals surface area (Å²) in [4.78, 5) is 0. The molecule has 1 N–H and O–H groups in total. The first-order chi connectivity index (χ1) is 7.60. The Morgan fingerprint density at radius 1 is 1.44 bits per heavy atom. The zero-order chi connectivity index (χ0) is 12.1. The Morgan fingerprint density at radius 3 is 2.69 bits per heavy atom. The molecule has 0 saturated carbocycles. The van der Waals surface area contributed by atoms with Crippen LogP contribution in [0.15, 0.2) is 12.1 Å². The Kier molecular flexibility index (Phi) is 4.24. The largest absolute Gasteiger partial charge is 0.377 e. The van der Waals surface area contributed by atoms with Crippen LogP contribution in [-0.4, -0.2) is 6.04 Å². The Labute approximate surface area is 93.9 Å². The summed E-state index contributed by atoms with van der Waals surface area (Å²) in [5, 5.41) is 11.3. The first-order valence-corrected chi connectivity index (χ1v) is 5.18. The monoisotopic (exact) mass is 224 g/mol. The number of anilines is 1. The molecule has 1 aromatic carbocycles. The van der Waals surface area contributed by atoms with Crippen LogP contribution in [0.5, 0.6) is 0 Å². The molecular weight excluding hydrogens is 210 g/mol. The summed E-state index contributed by atoms with van der Waals surface area (Å²) < 4.78 is 27.0. The lowest BCUT2D eigenvalue weighted by molar-refractivity contribution is 0.573. The summed E-state index contributed by atoms with van der Waals surface area (Å²) >= 11 is 0. The molecule has 0 spiro atoms. The summed E-state index contributed by atoms with van der Waals surface area (Å²) in [5.74, 6) is -1.21. The quantitative estimate of drug-likeness (QED) is 0.851. The first-order valence-electron chi connectivity index (χ1n) is 5.18. The number of hydrogen-bond donors (Lipinski definition) is 1. The predicted octanol–water partition coefficient (Wildman–Crippen LogP) is 3.38. The second-order valence-corrected chi connectivity index (χ2v) is 3.67. The van der Waals surface area contributed by atoms with Crippen LogP contribution in [0.25, 0.3) is 0 Å². The molecule has 0 fully saturated rings. The molecule has 0 aromatic heterocycles. The number of benzene rings is 1. The molecule has 1 rings (SSSR count). The van der Waals surface area contributed by atoms with Gasteiger partial charge in [0.05, 0.1) is 12.5 Å². The zero-order valence-corrected chi connectivity index (χ0v) is 9.35. The van der Waals surface area contributed by atoms with Crippen LogP contribution in [0.1, 0.15) is 25.3 Å². The van der Waals surface area contributed by atoms with E-state index in [2.05, 4.69) is 5.32 Å². The predicted molar refractivity (Wildman–Crippen MR) is 59.0 cm³/mol. The maximum absolute atomic E-state index is 13.6. The van der Waals surface area contributed by atoms with E-state index < -0.39 is 11.6 Å². The molecule has 1 aromatic rings. The highest BCUT2D eigenvalue weighted by Crippen LogP contribution is 2.23. The molecule has 0 aliphatic carbocycles. The molecule has 86 valence electrons. The smallest absolute Gasteiger partial charge is 0.152 e.